The van der Waals surface area contributed by atoms with Gasteiger partial charge in [0.05, 0.1) is 0 Å². The first-order valence-electron chi connectivity index (χ1n) is 6.57. The molecular formula is C13H16F3N3O2. The van der Waals surface area contributed by atoms with Crippen LogP contribution >= 0.6 is 0 Å². The third-order valence-corrected chi connectivity index (χ3v) is 3.57. The number of nitrogens with zero attached hydrogens (tertiary/aromatic N) is 1. The number of hydrogen-bond donors (Lipinski definition) is 2. The molecule has 1 saturated carbocycles. The van der Waals surface area contributed by atoms with Crippen molar-refractivity contribution in [1.29, 1.82) is 0 Å². The molecule has 1 fully saturated rings. The molecule has 2 rings (SSSR count). The summed E-state index contributed by atoms with van der Waals surface area (Å²) in [6.45, 7) is 0.371. The standard InChI is InChI=1S/C13H16F3N3O2/c14-13(15,16)10-5-4-8(11(18)20)12(19-10)21-9-3-1-2-7(9)6-17/h4-5,7,9H,1-3,6,17H2,(H2,18,20). The first kappa shape index (κ1) is 15.6. The number of halogens is 3. The summed E-state index contributed by atoms with van der Waals surface area (Å²) >= 11 is 0. The van der Waals surface area contributed by atoms with Crippen LogP contribution in [0.1, 0.15) is 35.3 Å². The first-order valence-corrected chi connectivity index (χ1v) is 6.57. The van der Waals surface area contributed by atoms with Crippen LogP contribution in [0, 0.1) is 5.92 Å². The van der Waals surface area contributed by atoms with Gasteiger partial charge in [-0.25, -0.2) is 4.98 Å². The van der Waals surface area contributed by atoms with Gasteiger partial charge in [0.2, 0.25) is 5.88 Å². The summed E-state index contributed by atoms with van der Waals surface area (Å²) in [7, 11) is 0. The fourth-order valence-corrected chi connectivity index (χ4v) is 2.45. The molecule has 1 aromatic heterocycles. The fraction of sp³-hybridized carbons (Fsp3) is 0.538. The van der Waals surface area contributed by atoms with Gasteiger partial charge in [0, 0.05) is 5.92 Å². The van der Waals surface area contributed by atoms with Gasteiger partial charge in [-0.1, -0.05) is 0 Å². The summed E-state index contributed by atoms with van der Waals surface area (Å²) in [6.07, 6.45) is -2.58. The number of carbonyl (C=O) groups is 1. The number of nitrogens with two attached hydrogens (primary N) is 2. The molecule has 116 valence electrons. The second-order valence-corrected chi connectivity index (χ2v) is 4.99. The number of primary amides is 1. The second-order valence-electron chi connectivity index (χ2n) is 4.99. The maximum atomic E-state index is 12.7. The lowest BCUT2D eigenvalue weighted by molar-refractivity contribution is -0.141. The van der Waals surface area contributed by atoms with Gasteiger partial charge < -0.3 is 16.2 Å². The van der Waals surface area contributed by atoms with Gasteiger partial charge in [-0.15, -0.1) is 0 Å². The van der Waals surface area contributed by atoms with Gasteiger partial charge in [0.15, 0.2) is 0 Å². The summed E-state index contributed by atoms with van der Waals surface area (Å²) in [4.78, 5) is 14.7. The van der Waals surface area contributed by atoms with Crippen molar-refractivity contribution in [2.45, 2.75) is 31.5 Å². The Labute approximate surface area is 119 Å². The molecule has 8 heteroatoms. The summed E-state index contributed by atoms with van der Waals surface area (Å²) in [5.74, 6) is -1.21. The second kappa shape index (κ2) is 5.88. The maximum Gasteiger partial charge on any atom is 0.433 e. The highest BCUT2D eigenvalue weighted by Crippen LogP contribution is 2.33. The van der Waals surface area contributed by atoms with Crippen molar-refractivity contribution in [2.75, 3.05) is 6.54 Å². The lowest BCUT2D eigenvalue weighted by Gasteiger charge is -2.21. The number of ether oxygens (including phenoxy) is 1. The average Bonchev–Trinajstić information content (AvgIpc) is 2.84. The molecule has 5 nitrogen and oxygen atoms in total. The van der Waals surface area contributed by atoms with E-state index in [4.69, 9.17) is 16.2 Å². The maximum absolute atomic E-state index is 12.7. The molecule has 1 heterocycles. The highest BCUT2D eigenvalue weighted by Gasteiger charge is 2.35. The van der Waals surface area contributed by atoms with Gasteiger partial charge >= 0.3 is 6.18 Å². The lowest BCUT2D eigenvalue weighted by atomic mass is 10.1. The predicted molar refractivity (Wildman–Crippen MR) is 68.6 cm³/mol. The highest BCUT2D eigenvalue weighted by atomic mass is 19.4. The SMILES string of the molecule is NCC1CCCC1Oc1nc(C(F)(F)F)ccc1C(N)=O. The van der Waals surface area contributed by atoms with Crippen LogP contribution in [0.25, 0.3) is 0 Å². The third kappa shape index (κ3) is 3.44. The van der Waals surface area contributed by atoms with Crippen molar-refractivity contribution in [3.8, 4) is 5.88 Å². The molecule has 0 saturated heterocycles. The molecule has 0 bridgehead atoms. The number of aromatic nitrogens is 1. The van der Waals surface area contributed by atoms with Gasteiger partial charge in [0.1, 0.15) is 17.4 Å². The molecule has 1 amide bonds. The minimum Gasteiger partial charge on any atom is -0.473 e. The summed E-state index contributed by atoms with van der Waals surface area (Å²) in [5.41, 5.74) is 9.47. The predicted octanol–water partition coefficient (Wildman–Crippen LogP) is 1.71. The Balaban J connectivity index is 2.32. The van der Waals surface area contributed by atoms with E-state index in [1.807, 2.05) is 0 Å². The van der Waals surface area contributed by atoms with Crippen LogP contribution < -0.4 is 16.2 Å². The molecule has 0 aliphatic heterocycles. The molecule has 4 N–H and O–H groups in total. The Hall–Kier alpha value is -1.83. The summed E-state index contributed by atoms with van der Waals surface area (Å²) in [6, 6.07) is 1.70. The fourth-order valence-electron chi connectivity index (χ4n) is 2.45. The quantitative estimate of drug-likeness (QED) is 0.885. The highest BCUT2D eigenvalue weighted by molar-refractivity contribution is 5.95. The van der Waals surface area contributed by atoms with Crippen molar-refractivity contribution in [1.82, 2.24) is 4.98 Å². The Morgan fingerprint density at radius 1 is 1.38 bits per heavy atom. The zero-order valence-corrected chi connectivity index (χ0v) is 11.2. The normalized spacial score (nSPS) is 22.3. The Morgan fingerprint density at radius 3 is 2.67 bits per heavy atom. The molecule has 2 atom stereocenters. The van der Waals surface area contributed by atoms with Crippen LogP contribution in [0.5, 0.6) is 5.88 Å². The summed E-state index contributed by atoms with van der Waals surface area (Å²) < 4.78 is 43.6. The number of pyridine rings is 1. The van der Waals surface area contributed by atoms with Crippen LogP contribution in [0.4, 0.5) is 13.2 Å². The van der Waals surface area contributed by atoms with Crippen molar-refractivity contribution in [3.05, 3.63) is 23.4 Å². The Bertz CT molecular complexity index is 534. The number of amides is 1. The number of rotatable bonds is 4. The minimum atomic E-state index is -4.61. The van der Waals surface area contributed by atoms with E-state index < -0.39 is 17.8 Å². The van der Waals surface area contributed by atoms with Crippen molar-refractivity contribution in [3.63, 3.8) is 0 Å². The smallest absolute Gasteiger partial charge is 0.433 e. The molecular weight excluding hydrogens is 287 g/mol. The minimum absolute atomic E-state index is 0.0436. The van der Waals surface area contributed by atoms with Gasteiger partial charge in [0.25, 0.3) is 5.91 Å². The van der Waals surface area contributed by atoms with Crippen molar-refractivity contribution < 1.29 is 22.7 Å². The van der Waals surface area contributed by atoms with Gasteiger partial charge in [-0.3, -0.25) is 4.79 Å². The molecule has 2 unspecified atom stereocenters. The van der Waals surface area contributed by atoms with E-state index in [1.54, 1.807) is 0 Å². The van der Waals surface area contributed by atoms with Crippen LogP contribution in [0.15, 0.2) is 12.1 Å². The van der Waals surface area contributed by atoms with Crippen molar-refractivity contribution >= 4 is 5.91 Å². The third-order valence-electron chi connectivity index (χ3n) is 3.57. The van der Waals surface area contributed by atoms with Crippen LogP contribution in [0.3, 0.4) is 0 Å². The first-order chi connectivity index (χ1) is 9.82. The number of alkyl halides is 3. The molecule has 0 radical (unpaired) electrons. The largest absolute Gasteiger partial charge is 0.473 e. The summed E-state index contributed by atoms with van der Waals surface area (Å²) in [5, 5.41) is 0. The molecule has 1 aliphatic rings. The van der Waals surface area contributed by atoms with E-state index in [0.717, 1.165) is 18.9 Å². The topological polar surface area (TPSA) is 91.2 Å². The zero-order chi connectivity index (χ0) is 15.6. The van der Waals surface area contributed by atoms with Crippen LogP contribution in [-0.4, -0.2) is 23.5 Å². The van der Waals surface area contributed by atoms with Crippen LogP contribution in [0.2, 0.25) is 0 Å². The molecule has 0 spiro atoms. The van der Waals surface area contributed by atoms with Gasteiger partial charge in [-0.2, -0.15) is 13.2 Å². The van der Waals surface area contributed by atoms with E-state index in [9.17, 15) is 18.0 Å². The van der Waals surface area contributed by atoms with Crippen molar-refractivity contribution in [2.24, 2.45) is 17.4 Å². The average molecular weight is 303 g/mol. The zero-order valence-electron chi connectivity index (χ0n) is 11.2. The Morgan fingerprint density at radius 2 is 2.10 bits per heavy atom. The molecule has 1 aromatic rings. The monoisotopic (exact) mass is 303 g/mol. The molecule has 21 heavy (non-hydrogen) atoms. The lowest BCUT2D eigenvalue weighted by Crippen LogP contribution is -2.29. The molecule has 0 aromatic carbocycles. The van der Waals surface area contributed by atoms with E-state index in [2.05, 4.69) is 4.98 Å². The van der Waals surface area contributed by atoms with Gasteiger partial charge in [-0.05, 0) is 37.9 Å². The van der Waals surface area contributed by atoms with E-state index in [-0.39, 0.29) is 23.5 Å². The molecule has 1 aliphatic carbocycles. The number of hydrogen-bond acceptors (Lipinski definition) is 4. The van der Waals surface area contributed by atoms with E-state index in [1.165, 1.54) is 0 Å². The number of carbonyl (C=O) groups excluding carboxylic acids is 1. The Kier molecular flexibility index (Phi) is 4.36. The van der Waals surface area contributed by atoms with E-state index >= 15 is 0 Å². The van der Waals surface area contributed by atoms with Crippen LogP contribution in [-0.2, 0) is 6.18 Å². The van der Waals surface area contributed by atoms with E-state index in [0.29, 0.717) is 19.0 Å².